The Morgan fingerprint density at radius 1 is 1.39 bits per heavy atom. The van der Waals surface area contributed by atoms with E-state index < -0.39 is 11.9 Å². The molecule has 1 aromatic heterocycles. The maximum atomic E-state index is 13.5. The van der Waals surface area contributed by atoms with Crippen molar-refractivity contribution in [2.24, 2.45) is 0 Å². The quantitative estimate of drug-likeness (QED) is 0.823. The first-order valence-corrected chi connectivity index (χ1v) is 7.69. The number of rotatable bonds is 7. The first-order valence-electron chi connectivity index (χ1n) is 7.69. The molecule has 1 unspecified atom stereocenters. The Labute approximate surface area is 135 Å². The summed E-state index contributed by atoms with van der Waals surface area (Å²) in [5, 5.41) is 12.6. The number of benzene rings is 1. The average molecular weight is 319 g/mol. The van der Waals surface area contributed by atoms with Crippen LogP contribution in [0, 0.1) is 5.82 Å². The number of aliphatic hydroxyl groups excluding tert-OH is 1. The molecule has 124 valence electrons. The Bertz CT molecular complexity index is 655. The second-order valence-corrected chi connectivity index (χ2v) is 5.72. The van der Waals surface area contributed by atoms with Gasteiger partial charge in [-0.25, -0.2) is 9.37 Å². The van der Waals surface area contributed by atoms with Crippen molar-refractivity contribution in [1.29, 1.82) is 0 Å². The minimum Gasteiger partial charge on any atom is -0.386 e. The summed E-state index contributed by atoms with van der Waals surface area (Å²) in [6.45, 7) is 4.60. The number of aromatic nitrogens is 2. The van der Waals surface area contributed by atoms with Crippen LogP contribution in [-0.2, 0) is 11.3 Å². The summed E-state index contributed by atoms with van der Waals surface area (Å²) in [7, 11) is 0. The van der Waals surface area contributed by atoms with Gasteiger partial charge in [-0.1, -0.05) is 32.0 Å². The van der Waals surface area contributed by atoms with Crippen molar-refractivity contribution < 1.29 is 14.3 Å². The van der Waals surface area contributed by atoms with Crippen molar-refractivity contribution >= 4 is 5.91 Å². The fraction of sp³-hybridized carbons (Fsp3) is 0.412. The molecule has 1 atom stereocenters. The van der Waals surface area contributed by atoms with E-state index in [9.17, 15) is 14.3 Å². The Balaban J connectivity index is 1.81. The minimum absolute atomic E-state index is 0.0132. The Morgan fingerprint density at radius 3 is 2.83 bits per heavy atom. The van der Waals surface area contributed by atoms with E-state index in [1.54, 1.807) is 18.3 Å². The van der Waals surface area contributed by atoms with Gasteiger partial charge in [-0.3, -0.25) is 4.79 Å². The van der Waals surface area contributed by atoms with Crippen LogP contribution in [-0.4, -0.2) is 27.1 Å². The summed E-state index contributed by atoms with van der Waals surface area (Å²) >= 11 is 0. The lowest BCUT2D eigenvalue weighted by Crippen LogP contribution is -2.29. The monoisotopic (exact) mass is 319 g/mol. The molecule has 0 fully saturated rings. The summed E-state index contributed by atoms with van der Waals surface area (Å²) in [4.78, 5) is 16.2. The standard InChI is InChI=1S/C17H22FN3O2/c1-12(2)17-19-8-10-21(17)9-7-16(23)20-11-15(22)13-5-3-4-6-14(13)18/h3-6,8,10,12,15,22H,7,9,11H2,1-2H3,(H,20,23). The van der Waals surface area contributed by atoms with Crippen LogP contribution >= 0.6 is 0 Å². The third-order valence-electron chi connectivity index (χ3n) is 3.60. The number of hydrogen-bond donors (Lipinski definition) is 2. The number of aliphatic hydroxyl groups is 1. The number of carbonyl (C=O) groups is 1. The number of nitrogens with zero attached hydrogens (tertiary/aromatic N) is 2. The molecule has 0 saturated carbocycles. The van der Waals surface area contributed by atoms with Gasteiger partial charge in [-0.15, -0.1) is 0 Å². The molecule has 0 aliphatic rings. The van der Waals surface area contributed by atoms with Crippen LogP contribution in [0.4, 0.5) is 4.39 Å². The van der Waals surface area contributed by atoms with Gasteiger partial charge < -0.3 is 15.0 Å². The van der Waals surface area contributed by atoms with E-state index in [4.69, 9.17) is 0 Å². The number of nitrogens with one attached hydrogen (secondary N) is 1. The topological polar surface area (TPSA) is 67.2 Å². The predicted octanol–water partition coefficient (Wildman–Crippen LogP) is 2.39. The van der Waals surface area contributed by atoms with E-state index >= 15 is 0 Å². The Morgan fingerprint density at radius 2 is 2.13 bits per heavy atom. The van der Waals surface area contributed by atoms with Gasteiger partial charge in [0.15, 0.2) is 0 Å². The van der Waals surface area contributed by atoms with Crippen molar-refractivity contribution in [2.45, 2.75) is 38.8 Å². The third-order valence-corrected chi connectivity index (χ3v) is 3.60. The molecule has 0 bridgehead atoms. The SMILES string of the molecule is CC(C)c1nccn1CCC(=O)NCC(O)c1ccccc1F. The lowest BCUT2D eigenvalue weighted by atomic mass is 10.1. The van der Waals surface area contributed by atoms with Crippen LogP contribution < -0.4 is 5.32 Å². The summed E-state index contributed by atoms with van der Waals surface area (Å²) in [5.74, 6) is 0.554. The van der Waals surface area contributed by atoms with Crippen LogP contribution in [0.5, 0.6) is 0 Å². The summed E-state index contributed by atoms with van der Waals surface area (Å²) in [6.07, 6.45) is 2.78. The zero-order valence-corrected chi connectivity index (χ0v) is 13.4. The normalized spacial score (nSPS) is 12.4. The smallest absolute Gasteiger partial charge is 0.221 e. The molecule has 1 aromatic carbocycles. The van der Waals surface area contributed by atoms with Gasteiger partial charge in [0.1, 0.15) is 11.6 Å². The highest BCUT2D eigenvalue weighted by molar-refractivity contribution is 5.75. The molecule has 0 aliphatic carbocycles. The molecule has 0 radical (unpaired) electrons. The molecular formula is C17H22FN3O2. The van der Waals surface area contributed by atoms with Crippen LogP contribution in [0.15, 0.2) is 36.7 Å². The largest absolute Gasteiger partial charge is 0.386 e. The van der Waals surface area contributed by atoms with Gasteiger partial charge in [0.05, 0.1) is 6.10 Å². The molecule has 0 aliphatic heterocycles. The fourth-order valence-electron chi connectivity index (χ4n) is 2.39. The molecule has 1 amide bonds. The molecule has 6 heteroatoms. The van der Waals surface area contributed by atoms with Crippen LogP contribution in [0.3, 0.4) is 0 Å². The van der Waals surface area contributed by atoms with Crippen molar-refractivity contribution in [3.05, 3.63) is 53.9 Å². The minimum atomic E-state index is -1.06. The predicted molar refractivity (Wildman–Crippen MR) is 85.3 cm³/mol. The molecule has 23 heavy (non-hydrogen) atoms. The number of halogens is 1. The van der Waals surface area contributed by atoms with E-state index in [1.165, 1.54) is 12.1 Å². The number of aryl methyl sites for hydroxylation is 1. The summed E-state index contributed by atoms with van der Waals surface area (Å²) in [5.41, 5.74) is 0.185. The molecule has 0 saturated heterocycles. The highest BCUT2D eigenvalue weighted by Gasteiger charge is 2.14. The summed E-state index contributed by atoms with van der Waals surface area (Å²) in [6, 6.07) is 6.00. The molecule has 2 aromatic rings. The van der Waals surface area contributed by atoms with Crippen molar-refractivity contribution in [1.82, 2.24) is 14.9 Å². The van der Waals surface area contributed by atoms with Crippen LogP contribution in [0.2, 0.25) is 0 Å². The van der Waals surface area contributed by atoms with Crippen LogP contribution in [0.25, 0.3) is 0 Å². The third kappa shape index (κ3) is 4.63. The highest BCUT2D eigenvalue weighted by atomic mass is 19.1. The molecule has 2 N–H and O–H groups in total. The van der Waals surface area contributed by atoms with Gasteiger partial charge in [0, 0.05) is 43.4 Å². The van der Waals surface area contributed by atoms with Crippen molar-refractivity contribution in [3.63, 3.8) is 0 Å². The molecule has 5 nitrogen and oxygen atoms in total. The zero-order valence-electron chi connectivity index (χ0n) is 13.4. The van der Waals surface area contributed by atoms with Crippen molar-refractivity contribution in [2.75, 3.05) is 6.54 Å². The highest BCUT2D eigenvalue weighted by Crippen LogP contribution is 2.16. The van der Waals surface area contributed by atoms with E-state index in [2.05, 4.69) is 10.3 Å². The number of hydrogen-bond acceptors (Lipinski definition) is 3. The first kappa shape index (κ1) is 17.1. The van der Waals surface area contributed by atoms with E-state index in [0.717, 1.165) is 5.82 Å². The van der Waals surface area contributed by atoms with Gasteiger partial charge in [0.2, 0.25) is 5.91 Å². The van der Waals surface area contributed by atoms with Gasteiger partial charge in [-0.2, -0.15) is 0 Å². The van der Waals surface area contributed by atoms with E-state index in [-0.39, 0.29) is 30.4 Å². The second kappa shape index (κ2) is 7.87. The van der Waals surface area contributed by atoms with E-state index in [1.807, 2.05) is 24.6 Å². The van der Waals surface area contributed by atoms with Crippen LogP contribution in [0.1, 0.15) is 43.7 Å². The molecule has 2 rings (SSSR count). The lowest BCUT2D eigenvalue weighted by molar-refractivity contribution is -0.121. The number of imidazole rings is 1. The second-order valence-electron chi connectivity index (χ2n) is 5.72. The fourth-order valence-corrected chi connectivity index (χ4v) is 2.39. The summed E-state index contributed by atoms with van der Waals surface area (Å²) < 4.78 is 15.5. The van der Waals surface area contributed by atoms with Gasteiger partial charge >= 0.3 is 0 Å². The van der Waals surface area contributed by atoms with Gasteiger partial charge in [0.25, 0.3) is 0 Å². The maximum Gasteiger partial charge on any atom is 0.221 e. The molecule has 0 spiro atoms. The van der Waals surface area contributed by atoms with Gasteiger partial charge in [-0.05, 0) is 6.07 Å². The van der Waals surface area contributed by atoms with E-state index in [0.29, 0.717) is 6.54 Å². The molecular weight excluding hydrogens is 297 g/mol. The number of carbonyl (C=O) groups excluding carboxylic acids is 1. The average Bonchev–Trinajstić information content (AvgIpc) is 3.00. The number of amides is 1. The Hall–Kier alpha value is -2.21. The zero-order chi connectivity index (χ0) is 16.8. The Kier molecular flexibility index (Phi) is 5.87. The van der Waals surface area contributed by atoms with Crippen molar-refractivity contribution in [3.8, 4) is 0 Å². The maximum absolute atomic E-state index is 13.5. The first-order chi connectivity index (χ1) is 11.0. The molecule has 1 heterocycles. The lowest BCUT2D eigenvalue weighted by Gasteiger charge is -2.14.